The first-order valence-corrected chi connectivity index (χ1v) is 9.24. The standard InChI is InChI=1S/C22H29NO4/c1-6-20(27-21-13-15(2)7-8-16(21)3)22(24)23-17(4)14-26-19-11-9-18(25-5)10-12-19/h7-13,17,20H,6,14H2,1-5H3,(H,23,24)/t17-,20-/m1/s1. The molecule has 1 amide bonds. The van der Waals surface area contributed by atoms with Gasteiger partial charge in [-0.3, -0.25) is 4.79 Å². The van der Waals surface area contributed by atoms with Crippen molar-refractivity contribution in [2.45, 2.75) is 46.3 Å². The molecule has 0 aliphatic rings. The average Bonchev–Trinajstić information content (AvgIpc) is 2.67. The number of hydrogen-bond acceptors (Lipinski definition) is 4. The van der Waals surface area contributed by atoms with Crippen LogP contribution in [0.15, 0.2) is 42.5 Å². The molecule has 27 heavy (non-hydrogen) atoms. The van der Waals surface area contributed by atoms with Crippen LogP contribution in [-0.2, 0) is 4.79 Å². The highest BCUT2D eigenvalue weighted by Gasteiger charge is 2.21. The van der Waals surface area contributed by atoms with Crippen LogP contribution in [0.2, 0.25) is 0 Å². The molecule has 5 heteroatoms. The van der Waals surface area contributed by atoms with E-state index in [-0.39, 0.29) is 11.9 Å². The first-order valence-electron chi connectivity index (χ1n) is 9.24. The molecule has 0 aliphatic carbocycles. The zero-order valence-electron chi connectivity index (χ0n) is 16.7. The van der Waals surface area contributed by atoms with Crippen molar-refractivity contribution >= 4 is 5.91 Å². The Balaban J connectivity index is 1.88. The number of rotatable bonds is 9. The quantitative estimate of drug-likeness (QED) is 0.722. The van der Waals surface area contributed by atoms with E-state index in [9.17, 15) is 4.79 Å². The summed E-state index contributed by atoms with van der Waals surface area (Å²) < 4.78 is 16.8. The second kappa shape index (κ2) is 9.86. The van der Waals surface area contributed by atoms with Crippen LogP contribution in [0.5, 0.6) is 17.2 Å². The Bertz CT molecular complexity index is 742. The van der Waals surface area contributed by atoms with Gasteiger partial charge in [0.05, 0.1) is 13.2 Å². The molecule has 0 fully saturated rings. The van der Waals surface area contributed by atoms with Crippen molar-refractivity contribution in [2.75, 3.05) is 13.7 Å². The van der Waals surface area contributed by atoms with Crippen LogP contribution in [0.25, 0.3) is 0 Å². The fourth-order valence-corrected chi connectivity index (χ4v) is 2.58. The first-order chi connectivity index (χ1) is 12.9. The Labute approximate surface area is 161 Å². The van der Waals surface area contributed by atoms with Crippen LogP contribution in [0, 0.1) is 13.8 Å². The Morgan fingerprint density at radius 1 is 1.07 bits per heavy atom. The lowest BCUT2D eigenvalue weighted by Gasteiger charge is -2.22. The molecule has 2 rings (SSSR count). The molecule has 5 nitrogen and oxygen atoms in total. The van der Waals surface area contributed by atoms with Gasteiger partial charge in [-0.25, -0.2) is 0 Å². The summed E-state index contributed by atoms with van der Waals surface area (Å²) in [7, 11) is 1.62. The molecular weight excluding hydrogens is 342 g/mol. The Morgan fingerprint density at radius 2 is 1.74 bits per heavy atom. The van der Waals surface area contributed by atoms with Crippen molar-refractivity contribution in [1.82, 2.24) is 5.32 Å². The zero-order valence-corrected chi connectivity index (χ0v) is 16.7. The maximum absolute atomic E-state index is 12.6. The number of benzene rings is 2. The van der Waals surface area contributed by atoms with E-state index in [1.807, 2.05) is 70.2 Å². The summed E-state index contributed by atoms with van der Waals surface area (Å²) in [5.74, 6) is 2.12. The second-order valence-corrected chi connectivity index (χ2v) is 6.68. The molecule has 0 unspecified atom stereocenters. The smallest absolute Gasteiger partial charge is 0.261 e. The summed E-state index contributed by atoms with van der Waals surface area (Å²) in [6.07, 6.45) is 0.0552. The maximum Gasteiger partial charge on any atom is 0.261 e. The fraction of sp³-hybridized carbons (Fsp3) is 0.409. The normalized spacial score (nSPS) is 12.8. The molecule has 0 aromatic heterocycles. The molecule has 146 valence electrons. The van der Waals surface area contributed by atoms with Crippen molar-refractivity contribution in [1.29, 1.82) is 0 Å². The van der Waals surface area contributed by atoms with E-state index < -0.39 is 6.10 Å². The van der Waals surface area contributed by atoms with Crippen LogP contribution in [0.3, 0.4) is 0 Å². The van der Waals surface area contributed by atoms with Gasteiger partial charge in [-0.05, 0) is 68.7 Å². The highest BCUT2D eigenvalue weighted by atomic mass is 16.5. The van der Waals surface area contributed by atoms with Gasteiger partial charge >= 0.3 is 0 Å². The highest BCUT2D eigenvalue weighted by molar-refractivity contribution is 5.81. The molecule has 1 N–H and O–H groups in total. The van der Waals surface area contributed by atoms with Crippen molar-refractivity contribution in [3.63, 3.8) is 0 Å². The molecule has 0 heterocycles. The van der Waals surface area contributed by atoms with Crippen molar-refractivity contribution in [3.05, 3.63) is 53.6 Å². The van der Waals surface area contributed by atoms with Gasteiger partial charge in [-0.1, -0.05) is 19.1 Å². The summed E-state index contributed by atoms with van der Waals surface area (Å²) in [5.41, 5.74) is 2.12. The predicted octanol–water partition coefficient (Wildman–Crippen LogP) is 4.05. The van der Waals surface area contributed by atoms with Gasteiger partial charge in [0.25, 0.3) is 5.91 Å². The number of hydrogen-bond donors (Lipinski definition) is 1. The lowest BCUT2D eigenvalue weighted by Crippen LogP contribution is -2.44. The van der Waals surface area contributed by atoms with Crippen molar-refractivity contribution in [2.24, 2.45) is 0 Å². The number of carbonyl (C=O) groups excluding carboxylic acids is 1. The van der Waals surface area contributed by atoms with Crippen LogP contribution in [0.1, 0.15) is 31.4 Å². The van der Waals surface area contributed by atoms with Crippen molar-refractivity contribution in [3.8, 4) is 17.2 Å². The number of nitrogens with one attached hydrogen (secondary N) is 1. The summed E-state index contributed by atoms with van der Waals surface area (Å²) in [6.45, 7) is 8.20. The van der Waals surface area contributed by atoms with Gasteiger partial charge in [0.2, 0.25) is 0 Å². The van der Waals surface area contributed by atoms with E-state index in [0.717, 1.165) is 28.4 Å². The molecule has 0 bridgehead atoms. The van der Waals surface area contributed by atoms with E-state index in [1.165, 1.54) is 0 Å². The third-order valence-electron chi connectivity index (χ3n) is 4.22. The van der Waals surface area contributed by atoms with Gasteiger partial charge in [0.15, 0.2) is 6.10 Å². The largest absolute Gasteiger partial charge is 0.497 e. The van der Waals surface area contributed by atoms with Gasteiger partial charge in [0.1, 0.15) is 23.9 Å². The number of amides is 1. The summed E-state index contributed by atoms with van der Waals surface area (Å²) in [6, 6.07) is 13.2. The molecule has 0 saturated carbocycles. The van der Waals surface area contributed by atoms with E-state index in [1.54, 1.807) is 7.11 Å². The van der Waals surface area contributed by atoms with E-state index in [2.05, 4.69) is 5.32 Å². The fourth-order valence-electron chi connectivity index (χ4n) is 2.58. The minimum atomic E-state index is -0.533. The summed E-state index contributed by atoms with van der Waals surface area (Å²) >= 11 is 0. The van der Waals surface area contributed by atoms with E-state index in [4.69, 9.17) is 14.2 Å². The molecule has 0 saturated heterocycles. The molecule has 0 radical (unpaired) electrons. The zero-order chi connectivity index (χ0) is 19.8. The first kappa shape index (κ1) is 20.6. The van der Waals surface area contributed by atoms with E-state index >= 15 is 0 Å². The monoisotopic (exact) mass is 371 g/mol. The lowest BCUT2D eigenvalue weighted by atomic mass is 10.1. The Hall–Kier alpha value is -2.69. The van der Waals surface area contributed by atoms with Gasteiger partial charge in [-0.2, -0.15) is 0 Å². The third-order valence-corrected chi connectivity index (χ3v) is 4.22. The van der Waals surface area contributed by atoms with Crippen LogP contribution in [-0.4, -0.2) is 31.8 Å². The minimum Gasteiger partial charge on any atom is -0.497 e. The van der Waals surface area contributed by atoms with E-state index in [0.29, 0.717) is 13.0 Å². The number of aryl methyl sites for hydroxylation is 2. The number of methoxy groups -OCH3 is 1. The van der Waals surface area contributed by atoms with Crippen LogP contribution < -0.4 is 19.5 Å². The second-order valence-electron chi connectivity index (χ2n) is 6.68. The topological polar surface area (TPSA) is 56.8 Å². The van der Waals surface area contributed by atoms with Gasteiger partial charge in [-0.15, -0.1) is 0 Å². The molecule has 2 atom stereocenters. The Morgan fingerprint density at radius 3 is 2.37 bits per heavy atom. The Kier molecular flexibility index (Phi) is 7.53. The lowest BCUT2D eigenvalue weighted by molar-refractivity contribution is -0.129. The predicted molar refractivity (Wildman–Crippen MR) is 107 cm³/mol. The molecular formula is C22H29NO4. The maximum atomic E-state index is 12.6. The number of carbonyl (C=O) groups is 1. The van der Waals surface area contributed by atoms with Gasteiger partial charge in [0, 0.05) is 0 Å². The van der Waals surface area contributed by atoms with Crippen LogP contribution >= 0.6 is 0 Å². The number of ether oxygens (including phenoxy) is 3. The summed E-state index contributed by atoms with van der Waals surface area (Å²) in [5, 5.41) is 2.96. The molecule has 2 aromatic carbocycles. The van der Waals surface area contributed by atoms with Crippen LogP contribution in [0.4, 0.5) is 0 Å². The molecule has 2 aromatic rings. The van der Waals surface area contributed by atoms with Gasteiger partial charge < -0.3 is 19.5 Å². The summed E-state index contributed by atoms with van der Waals surface area (Å²) in [4.78, 5) is 12.6. The minimum absolute atomic E-state index is 0.135. The highest BCUT2D eigenvalue weighted by Crippen LogP contribution is 2.21. The van der Waals surface area contributed by atoms with Crippen molar-refractivity contribution < 1.29 is 19.0 Å². The molecule has 0 aliphatic heterocycles. The SMILES string of the molecule is CC[C@@H](Oc1cc(C)ccc1C)C(=O)N[C@H](C)COc1ccc(OC)cc1. The average molecular weight is 371 g/mol. The third kappa shape index (κ3) is 6.20. The molecule has 0 spiro atoms.